The number of hydrogen-bond acceptors (Lipinski definition) is 6. The summed E-state index contributed by atoms with van der Waals surface area (Å²) >= 11 is 0. The number of aromatic hydroxyl groups is 1. The number of benzene rings is 3. The number of phenolic OH excluding ortho intramolecular Hbond substituents is 1. The lowest BCUT2D eigenvalue weighted by molar-refractivity contribution is 0.168. The Morgan fingerprint density at radius 1 is 1.00 bits per heavy atom. The number of ether oxygens (including phenoxy) is 1. The first kappa shape index (κ1) is 19.5. The third-order valence-electron chi connectivity index (χ3n) is 3.90. The highest BCUT2D eigenvalue weighted by Gasteiger charge is 2.13. The molecule has 0 aliphatic carbocycles. The number of hydrogen-bond donors (Lipinski definition) is 4. The molecule has 3 aromatic carbocycles. The summed E-state index contributed by atoms with van der Waals surface area (Å²) in [6.45, 7) is 2.00. The third-order valence-corrected chi connectivity index (χ3v) is 4.73. The van der Waals surface area contributed by atoms with Crippen LogP contribution in [0.3, 0.4) is 0 Å². The predicted octanol–water partition coefficient (Wildman–Crippen LogP) is 4.10. The molecule has 0 heterocycles. The summed E-state index contributed by atoms with van der Waals surface area (Å²) in [7, 11) is -4.43. The summed E-state index contributed by atoms with van der Waals surface area (Å²) in [5, 5.41) is 16.6. The van der Waals surface area contributed by atoms with Crippen molar-refractivity contribution in [1.82, 2.24) is 0 Å². The Morgan fingerprint density at radius 3 is 2.29 bits per heavy atom. The number of carbonyl (C=O) groups excluding carboxylic acids is 1. The van der Waals surface area contributed by atoms with Crippen LogP contribution in [0.1, 0.15) is 6.92 Å². The van der Waals surface area contributed by atoms with Crippen LogP contribution >= 0.6 is 0 Å². The molecular weight excluding hydrogens is 384 g/mol. The van der Waals surface area contributed by atoms with Crippen LogP contribution in [0, 0.1) is 0 Å². The zero-order valence-corrected chi connectivity index (χ0v) is 15.7. The summed E-state index contributed by atoms with van der Waals surface area (Å²) in [6, 6.07) is 14.2. The molecule has 0 atom stereocenters. The fraction of sp³-hybridized carbons (Fsp3) is 0.105. The predicted molar refractivity (Wildman–Crippen MR) is 106 cm³/mol. The van der Waals surface area contributed by atoms with Gasteiger partial charge in [0.2, 0.25) is 0 Å². The first-order chi connectivity index (χ1) is 13.3. The van der Waals surface area contributed by atoms with Gasteiger partial charge in [0.15, 0.2) is 0 Å². The van der Waals surface area contributed by atoms with E-state index >= 15 is 0 Å². The Labute approximate surface area is 161 Å². The van der Waals surface area contributed by atoms with E-state index < -0.39 is 16.2 Å². The number of rotatable bonds is 5. The minimum Gasteiger partial charge on any atom is -0.507 e. The van der Waals surface area contributed by atoms with E-state index in [1.54, 1.807) is 49.4 Å². The van der Waals surface area contributed by atoms with Crippen LogP contribution in [-0.2, 0) is 14.9 Å². The maximum Gasteiger partial charge on any atom is 0.411 e. The Bertz CT molecular complexity index is 1130. The molecule has 0 bridgehead atoms. The van der Waals surface area contributed by atoms with Crippen LogP contribution in [-0.4, -0.2) is 30.8 Å². The fourth-order valence-corrected chi connectivity index (χ4v) is 3.17. The van der Waals surface area contributed by atoms with E-state index in [0.29, 0.717) is 22.1 Å². The highest BCUT2D eigenvalue weighted by molar-refractivity contribution is 7.85. The molecule has 28 heavy (non-hydrogen) atoms. The van der Waals surface area contributed by atoms with Crippen molar-refractivity contribution in [1.29, 1.82) is 0 Å². The van der Waals surface area contributed by atoms with Gasteiger partial charge in [-0.2, -0.15) is 8.42 Å². The monoisotopic (exact) mass is 402 g/mol. The van der Waals surface area contributed by atoms with Gasteiger partial charge in [-0.1, -0.05) is 0 Å². The molecule has 0 saturated heterocycles. The summed E-state index contributed by atoms with van der Waals surface area (Å²) in [5.74, 6) is -0.244. The Kier molecular flexibility index (Phi) is 5.39. The van der Waals surface area contributed by atoms with Crippen molar-refractivity contribution < 1.29 is 27.6 Å². The Balaban J connectivity index is 1.83. The van der Waals surface area contributed by atoms with Gasteiger partial charge in [0.05, 0.1) is 11.5 Å². The molecule has 3 aromatic rings. The molecule has 0 saturated carbocycles. The number of amides is 1. The van der Waals surface area contributed by atoms with Crippen LogP contribution < -0.4 is 10.6 Å². The summed E-state index contributed by atoms with van der Waals surface area (Å²) < 4.78 is 36.7. The molecule has 8 nitrogen and oxygen atoms in total. The maximum atomic E-state index is 11.4. The standard InChI is InChI=1S/C19H18N2O6S/c1-2-27-19(23)21-14-5-3-13(4-6-14)20-15-7-8-17-12(9-15)10-16(11-18(17)22)28(24,25)26/h3-11,20,22H,2H2,1H3,(H,21,23)(H,24,25,26). The first-order valence-electron chi connectivity index (χ1n) is 8.31. The SMILES string of the molecule is CCOC(=O)Nc1ccc(Nc2ccc3c(O)cc(S(=O)(=O)O)cc3c2)cc1. The molecule has 1 amide bonds. The van der Waals surface area contributed by atoms with Gasteiger partial charge in [-0.25, -0.2) is 4.79 Å². The Hall–Kier alpha value is -3.30. The van der Waals surface area contributed by atoms with E-state index in [0.717, 1.165) is 11.8 Å². The highest BCUT2D eigenvalue weighted by atomic mass is 32.2. The molecule has 3 rings (SSSR count). The van der Waals surface area contributed by atoms with Gasteiger partial charge in [-0.3, -0.25) is 9.87 Å². The van der Waals surface area contributed by atoms with Gasteiger partial charge >= 0.3 is 6.09 Å². The van der Waals surface area contributed by atoms with Gasteiger partial charge < -0.3 is 15.2 Å². The zero-order valence-electron chi connectivity index (χ0n) is 14.8. The topological polar surface area (TPSA) is 125 Å². The van der Waals surface area contributed by atoms with E-state index in [9.17, 15) is 22.9 Å². The summed E-state index contributed by atoms with van der Waals surface area (Å²) in [5.41, 5.74) is 1.94. The second-order valence-corrected chi connectivity index (χ2v) is 7.32. The minimum absolute atomic E-state index is 0.244. The zero-order chi connectivity index (χ0) is 20.3. The number of nitrogens with one attached hydrogen (secondary N) is 2. The van der Waals surface area contributed by atoms with Crippen LogP contribution in [0.15, 0.2) is 59.5 Å². The average Bonchev–Trinajstić information content (AvgIpc) is 2.62. The van der Waals surface area contributed by atoms with Crippen molar-refractivity contribution >= 4 is 44.0 Å². The van der Waals surface area contributed by atoms with Crippen molar-refractivity contribution in [2.24, 2.45) is 0 Å². The molecule has 146 valence electrons. The van der Waals surface area contributed by atoms with Crippen LogP contribution in [0.5, 0.6) is 5.75 Å². The summed E-state index contributed by atoms with van der Waals surface area (Å²) in [4.78, 5) is 11.0. The van der Waals surface area contributed by atoms with Crippen molar-refractivity contribution in [3.63, 3.8) is 0 Å². The van der Waals surface area contributed by atoms with E-state index in [-0.39, 0.29) is 17.3 Å². The van der Waals surface area contributed by atoms with Crippen molar-refractivity contribution in [3.05, 3.63) is 54.6 Å². The molecule has 0 aliphatic heterocycles. The minimum atomic E-state index is -4.43. The third kappa shape index (κ3) is 4.51. The molecular formula is C19H18N2O6S. The van der Waals surface area contributed by atoms with Crippen LogP contribution in [0.4, 0.5) is 21.9 Å². The van der Waals surface area contributed by atoms with Gasteiger partial charge in [-0.05, 0) is 60.8 Å². The second kappa shape index (κ2) is 7.75. The average molecular weight is 402 g/mol. The second-order valence-electron chi connectivity index (χ2n) is 5.90. The van der Waals surface area contributed by atoms with Gasteiger partial charge in [-0.15, -0.1) is 0 Å². The molecule has 0 radical (unpaired) electrons. The molecule has 0 unspecified atom stereocenters. The molecule has 9 heteroatoms. The lowest BCUT2D eigenvalue weighted by Crippen LogP contribution is -2.13. The quantitative estimate of drug-likeness (QED) is 0.473. The van der Waals surface area contributed by atoms with Gasteiger partial charge in [0, 0.05) is 28.5 Å². The van der Waals surface area contributed by atoms with E-state index in [1.165, 1.54) is 6.07 Å². The molecule has 0 fully saturated rings. The number of carbonyl (C=O) groups is 1. The van der Waals surface area contributed by atoms with E-state index in [4.69, 9.17) is 4.74 Å². The van der Waals surface area contributed by atoms with E-state index in [2.05, 4.69) is 10.6 Å². The molecule has 4 N–H and O–H groups in total. The number of fused-ring (bicyclic) bond motifs is 1. The fourth-order valence-electron chi connectivity index (χ4n) is 2.64. The lowest BCUT2D eigenvalue weighted by atomic mass is 10.1. The lowest BCUT2D eigenvalue weighted by Gasteiger charge is -2.10. The van der Waals surface area contributed by atoms with Crippen molar-refractivity contribution in [3.8, 4) is 5.75 Å². The molecule has 0 spiro atoms. The maximum absolute atomic E-state index is 11.4. The van der Waals surface area contributed by atoms with Gasteiger partial charge in [0.1, 0.15) is 5.75 Å². The van der Waals surface area contributed by atoms with E-state index in [1.807, 2.05) is 0 Å². The van der Waals surface area contributed by atoms with Crippen LogP contribution in [0.25, 0.3) is 10.8 Å². The largest absolute Gasteiger partial charge is 0.507 e. The molecule has 0 aromatic heterocycles. The highest BCUT2D eigenvalue weighted by Crippen LogP contribution is 2.31. The first-order valence-corrected chi connectivity index (χ1v) is 9.75. The summed E-state index contributed by atoms with van der Waals surface area (Å²) in [6.07, 6.45) is -0.535. The number of phenols is 1. The van der Waals surface area contributed by atoms with Crippen molar-refractivity contribution in [2.75, 3.05) is 17.2 Å². The number of anilines is 3. The normalized spacial score (nSPS) is 11.2. The van der Waals surface area contributed by atoms with Gasteiger partial charge in [0.25, 0.3) is 10.1 Å². The van der Waals surface area contributed by atoms with Crippen LogP contribution in [0.2, 0.25) is 0 Å². The smallest absolute Gasteiger partial charge is 0.411 e. The van der Waals surface area contributed by atoms with Crippen molar-refractivity contribution in [2.45, 2.75) is 11.8 Å². The molecule has 0 aliphatic rings. The Morgan fingerprint density at radius 2 is 1.64 bits per heavy atom.